The molecule has 150 valence electrons. The highest BCUT2D eigenvalue weighted by Gasteiger charge is 2.40. The molecule has 1 aromatic rings. The van der Waals surface area contributed by atoms with E-state index >= 15 is 0 Å². The summed E-state index contributed by atoms with van der Waals surface area (Å²) >= 11 is 0. The van der Waals surface area contributed by atoms with Crippen LogP contribution in [0.25, 0.3) is 0 Å². The number of carbonyl (C=O) groups is 1. The van der Waals surface area contributed by atoms with Crippen molar-refractivity contribution in [2.24, 2.45) is 5.73 Å². The molecule has 2 saturated heterocycles. The van der Waals surface area contributed by atoms with Crippen LogP contribution >= 0.6 is 0 Å². The second kappa shape index (κ2) is 8.26. The van der Waals surface area contributed by atoms with E-state index in [-0.39, 0.29) is 19.0 Å². The molecule has 0 spiro atoms. The lowest BCUT2D eigenvalue weighted by atomic mass is 9.89. The van der Waals surface area contributed by atoms with Crippen molar-refractivity contribution in [3.05, 3.63) is 29.8 Å². The van der Waals surface area contributed by atoms with Crippen LogP contribution < -0.4 is 5.73 Å². The highest BCUT2D eigenvalue weighted by molar-refractivity contribution is 7.89. The number of amides is 1. The van der Waals surface area contributed by atoms with Gasteiger partial charge in [0.05, 0.1) is 10.4 Å². The number of rotatable bonds is 5. The van der Waals surface area contributed by atoms with E-state index in [9.17, 15) is 13.2 Å². The Hall–Kier alpha value is -1.48. The van der Waals surface area contributed by atoms with E-state index in [1.807, 2.05) is 12.1 Å². The molecule has 2 N–H and O–H groups in total. The van der Waals surface area contributed by atoms with Crippen LogP contribution in [0.1, 0.15) is 31.7 Å². The van der Waals surface area contributed by atoms with Crippen molar-refractivity contribution >= 4 is 15.9 Å². The van der Waals surface area contributed by atoms with Crippen molar-refractivity contribution < 1.29 is 17.9 Å². The van der Waals surface area contributed by atoms with Gasteiger partial charge in [0.1, 0.15) is 0 Å². The van der Waals surface area contributed by atoms with Gasteiger partial charge in [0.15, 0.2) is 0 Å². The Morgan fingerprint density at radius 1 is 1.11 bits per heavy atom. The lowest BCUT2D eigenvalue weighted by Gasteiger charge is -2.40. The van der Waals surface area contributed by atoms with E-state index in [1.54, 1.807) is 17.0 Å². The summed E-state index contributed by atoms with van der Waals surface area (Å²) < 4.78 is 32.5. The first-order chi connectivity index (χ1) is 12.9. The normalized spacial score (nSPS) is 21.2. The van der Waals surface area contributed by atoms with Crippen LogP contribution in [0.2, 0.25) is 0 Å². The molecule has 0 bridgehead atoms. The molecule has 0 unspecified atom stereocenters. The van der Waals surface area contributed by atoms with Crippen molar-refractivity contribution in [2.45, 2.75) is 43.0 Å². The second-order valence-corrected chi connectivity index (χ2v) is 9.30. The molecule has 1 amide bonds. The van der Waals surface area contributed by atoms with Crippen molar-refractivity contribution in [3.63, 3.8) is 0 Å². The van der Waals surface area contributed by atoms with Gasteiger partial charge in [0.2, 0.25) is 15.9 Å². The number of hydrogen-bond donors (Lipinski definition) is 1. The number of nitrogens with two attached hydrogens (primary N) is 1. The maximum atomic E-state index is 12.9. The lowest BCUT2D eigenvalue weighted by molar-refractivity contribution is -0.141. The number of nitrogens with zero attached hydrogens (tertiary/aromatic N) is 2. The quantitative estimate of drug-likeness (QED) is 0.802. The number of hydrogen-bond acceptors (Lipinski definition) is 5. The van der Waals surface area contributed by atoms with Gasteiger partial charge in [0, 0.05) is 39.4 Å². The van der Waals surface area contributed by atoms with Crippen molar-refractivity contribution in [2.75, 3.05) is 39.4 Å². The Bertz CT molecular complexity index is 750. The first-order valence-electron chi connectivity index (χ1n) is 9.62. The molecular weight excluding hydrogens is 366 g/mol. The molecule has 2 aliphatic heterocycles. The lowest BCUT2D eigenvalue weighted by Crippen LogP contribution is -2.61. The highest BCUT2D eigenvalue weighted by Crippen LogP contribution is 2.23. The first-order valence-corrected chi connectivity index (χ1v) is 11.1. The van der Waals surface area contributed by atoms with Gasteiger partial charge in [-0.05, 0) is 37.0 Å². The summed E-state index contributed by atoms with van der Waals surface area (Å²) in [7, 11) is -3.54. The molecule has 0 aromatic heterocycles. The predicted molar refractivity (Wildman–Crippen MR) is 103 cm³/mol. The van der Waals surface area contributed by atoms with Crippen molar-refractivity contribution in [1.29, 1.82) is 0 Å². The van der Waals surface area contributed by atoms with E-state index in [4.69, 9.17) is 10.5 Å². The zero-order chi connectivity index (χ0) is 19.5. The van der Waals surface area contributed by atoms with Gasteiger partial charge in [-0.3, -0.25) is 4.79 Å². The highest BCUT2D eigenvalue weighted by atomic mass is 32.2. The van der Waals surface area contributed by atoms with Gasteiger partial charge in [-0.25, -0.2) is 8.42 Å². The van der Waals surface area contributed by atoms with E-state index in [1.165, 1.54) is 4.31 Å². The monoisotopic (exact) mass is 395 g/mol. The first kappa shape index (κ1) is 20.3. The van der Waals surface area contributed by atoms with Crippen LogP contribution in [0.4, 0.5) is 0 Å². The summed E-state index contributed by atoms with van der Waals surface area (Å²) in [6.07, 6.45) is 2.98. The zero-order valence-corrected chi connectivity index (χ0v) is 16.7. The molecule has 0 saturated carbocycles. The summed E-state index contributed by atoms with van der Waals surface area (Å²) in [4.78, 5) is 14.8. The van der Waals surface area contributed by atoms with E-state index in [0.29, 0.717) is 44.0 Å². The van der Waals surface area contributed by atoms with Gasteiger partial charge in [0.25, 0.3) is 0 Å². The maximum absolute atomic E-state index is 12.9. The molecule has 2 fully saturated rings. The summed E-state index contributed by atoms with van der Waals surface area (Å²) in [5.74, 6) is -0.0910. The van der Waals surface area contributed by atoms with Gasteiger partial charge in [-0.1, -0.05) is 25.5 Å². The minimum atomic E-state index is -3.54. The Morgan fingerprint density at radius 2 is 1.70 bits per heavy atom. The third kappa shape index (κ3) is 4.34. The smallest absolute Gasteiger partial charge is 0.243 e. The largest absolute Gasteiger partial charge is 0.381 e. The standard InChI is InChI=1S/C19H29N3O4S/c1-2-3-16-4-6-17(7-5-16)27(24,25)22-12-10-21(11-13-22)18(23)19(20)8-14-26-15-9-19/h4-7H,2-3,8-15,20H2,1H3. The fourth-order valence-corrected chi connectivity index (χ4v) is 5.08. The van der Waals surface area contributed by atoms with Gasteiger partial charge in [-0.2, -0.15) is 4.31 Å². The third-order valence-electron chi connectivity index (χ3n) is 5.44. The molecule has 0 atom stereocenters. The number of ether oxygens (including phenoxy) is 1. The van der Waals surface area contributed by atoms with Crippen LogP contribution in [0.3, 0.4) is 0 Å². The molecule has 2 aliphatic rings. The van der Waals surface area contributed by atoms with E-state index in [2.05, 4.69) is 6.92 Å². The summed E-state index contributed by atoms with van der Waals surface area (Å²) in [5.41, 5.74) is 6.54. The zero-order valence-electron chi connectivity index (χ0n) is 15.9. The fraction of sp³-hybridized carbons (Fsp3) is 0.632. The minimum absolute atomic E-state index is 0.0910. The van der Waals surface area contributed by atoms with Crippen LogP contribution in [0.5, 0.6) is 0 Å². The average molecular weight is 396 g/mol. The van der Waals surface area contributed by atoms with E-state index in [0.717, 1.165) is 18.4 Å². The predicted octanol–water partition coefficient (Wildman–Crippen LogP) is 0.980. The number of piperazine rings is 1. The number of aryl methyl sites for hydroxylation is 1. The van der Waals surface area contributed by atoms with Crippen LogP contribution in [0.15, 0.2) is 29.2 Å². The van der Waals surface area contributed by atoms with Crippen molar-refractivity contribution in [3.8, 4) is 0 Å². The molecule has 1 aromatic carbocycles. The van der Waals surface area contributed by atoms with Crippen molar-refractivity contribution in [1.82, 2.24) is 9.21 Å². The molecule has 0 aliphatic carbocycles. The molecular formula is C19H29N3O4S. The molecule has 8 heteroatoms. The Morgan fingerprint density at radius 3 is 2.26 bits per heavy atom. The molecule has 0 radical (unpaired) electrons. The SMILES string of the molecule is CCCc1ccc(S(=O)(=O)N2CCN(C(=O)C3(N)CCOCC3)CC2)cc1. The summed E-state index contributed by atoms with van der Waals surface area (Å²) in [5, 5.41) is 0. The third-order valence-corrected chi connectivity index (χ3v) is 7.35. The Kier molecular flexibility index (Phi) is 6.20. The molecule has 2 heterocycles. The van der Waals surface area contributed by atoms with Crippen LogP contribution in [0, 0.1) is 0 Å². The Balaban J connectivity index is 1.63. The average Bonchev–Trinajstić information content (AvgIpc) is 2.69. The number of benzene rings is 1. The summed E-state index contributed by atoms with van der Waals surface area (Å²) in [6, 6.07) is 7.10. The van der Waals surface area contributed by atoms with Gasteiger partial charge < -0.3 is 15.4 Å². The molecule has 3 rings (SSSR count). The van der Waals surface area contributed by atoms with Gasteiger partial charge in [-0.15, -0.1) is 0 Å². The fourth-order valence-electron chi connectivity index (χ4n) is 3.66. The summed E-state index contributed by atoms with van der Waals surface area (Å²) in [6.45, 7) is 4.39. The number of sulfonamides is 1. The van der Waals surface area contributed by atoms with Crippen LogP contribution in [-0.2, 0) is 26.0 Å². The van der Waals surface area contributed by atoms with Gasteiger partial charge >= 0.3 is 0 Å². The topological polar surface area (TPSA) is 92.9 Å². The van der Waals surface area contributed by atoms with Crippen LogP contribution in [-0.4, -0.2) is 68.5 Å². The minimum Gasteiger partial charge on any atom is -0.381 e. The molecule has 27 heavy (non-hydrogen) atoms. The number of carbonyl (C=O) groups excluding carboxylic acids is 1. The maximum Gasteiger partial charge on any atom is 0.243 e. The van der Waals surface area contributed by atoms with E-state index < -0.39 is 15.6 Å². The second-order valence-electron chi connectivity index (χ2n) is 7.36. The Labute approximate surface area is 161 Å². The molecule has 7 nitrogen and oxygen atoms in total.